The molecule has 2 N–H and O–H groups in total. The third kappa shape index (κ3) is 4.36. The van der Waals surface area contributed by atoms with Crippen LogP contribution in [0.1, 0.15) is 36.3 Å². The number of hydrogen-bond donors (Lipinski definition) is 2. The number of hydrogen-bond acceptors (Lipinski definition) is 4. The second kappa shape index (κ2) is 7.65. The number of likely N-dealkylation sites (tertiary alicyclic amines) is 1. The largest absolute Gasteiger partial charge is 0.494 e. The number of imidazole rings is 1. The average molecular weight is 346 g/mol. The molecule has 2 aromatic rings. The van der Waals surface area contributed by atoms with Gasteiger partial charge in [0.15, 0.2) is 11.6 Å². The highest BCUT2D eigenvalue weighted by atomic mass is 19.1. The van der Waals surface area contributed by atoms with Crippen LogP contribution in [0.2, 0.25) is 0 Å². The Hall–Kier alpha value is -2.41. The van der Waals surface area contributed by atoms with Crippen LogP contribution >= 0.6 is 0 Å². The van der Waals surface area contributed by atoms with Gasteiger partial charge in [-0.2, -0.15) is 0 Å². The number of amides is 1. The summed E-state index contributed by atoms with van der Waals surface area (Å²) in [6.07, 6.45) is 2.80. The number of halogens is 1. The number of nitrogens with one attached hydrogen (secondary N) is 2. The van der Waals surface area contributed by atoms with Gasteiger partial charge in [0.05, 0.1) is 25.5 Å². The molecule has 0 saturated carbocycles. The van der Waals surface area contributed by atoms with Crippen molar-refractivity contribution in [1.82, 2.24) is 20.2 Å². The summed E-state index contributed by atoms with van der Waals surface area (Å²) >= 11 is 0. The van der Waals surface area contributed by atoms with Crippen LogP contribution in [0.15, 0.2) is 24.4 Å². The van der Waals surface area contributed by atoms with Crippen molar-refractivity contribution < 1.29 is 13.9 Å². The van der Waals surface area contributed by atoms with Gasteiger partial charge < -0.3 is 15.0 Å². The summed E-state index contributed by atoms with van der Waals surface area (Å²) in [6.45, 7) is 4.58. The molecule has 2 heterocycles. The smallest absolute Gasteiger partial charge is 0.217 e. The van der Waals surface area contributed by atoms with Gasteiger partial charge in [0.25, 0.3) is 0 Å². The number of nitrogens with zero attached hydrogens (tertiary/aromatic N) is 2. The number of carbonyl (C=O) groups is 1. The molecule has 1 aliphatic rings. The molecule has 3 rings (SSSR count). The van der Waals surface area contributed by atoms with Gasteiger partial charge in [0, 0.05) is 25.9 Å². The van der Waals surface area contributed by atoms with Crippen LogP contribution in [0.3, 0.4) is 0 Å². The normalized spacial score (nSPS) is 17.6. The van der Waals surface area contributed by atoms with Crippen molar-refractivity contribution >= 4 is 5.91 Å². The topological polar surface area (TPSA) is 70.2 Å². The third-order valence-corrected chi connectivity index (χ3v) is 4.46. The summed E-state index contributed by atoms with van der Waals surface area (Å²) < 4.78 is 18.5. The Labute approximate surface area is 146 Å². The Morgan fingerprint density at radius 1 is 1.52 bits per heavy atom. The fourth-order valence-electron chi connectivity index (χ4n) is 3.15. The van der Waals surface area contributed by atoms with Crippen molar-refractivity contribution in [3.63, 3.8) is 0 Å². The lowest BCUT2D eigenvalue weighted by molar-refractivity contribution is -0.119. The maximum atomic E-state index is 13.5. The quantitative estimate of drug-likeness (QED) is 0.841. The van der Waals surface area contributed by atoms with E-state index >= 15 is 0 Å². The zero-order chi connectivity index (χ0) is 17.8. The van der Waals surface area contributed by atoms with Crippen molar-refractivity contribution in [3.05, 3.63) is 47.3 Å². The summed E-state index contributed by atoms with van der Waals surface area (Å²) in [4.78, 5) is 21.1. The molecule has 0 radical (unpaired) electrons. The van der Waals surface area contributed by atoms with Gasteiger partial charge in [-0.1, -0.05) is 6.07 Å². The molecule has 1 aliphatic heterocycles. The molecule has 6 nitrogen and oxygen atoms in total. The van der Waals surface area contributed by atoms with Gasteiger partial charge in [0.1, 0.15) is 5.82 Å². The van der Waals surface area contributed by atoms with Crippen LogP contribution in [0, 0.1) is 5.82 Å². The maximum Gasteiger partial charge on any atom is 0.217 e. The first-order valence-corrected chi connectivity index (χ1v) is 8.38. The van der Waals surface area contributed by atoms with Crippen molar-refractivity contribution in [2.24, 2.45) is 0 Å². The van der Waals surface area contributed by atoms with Crippen LogP contribution in [0.25, 0.3) is 0 Å². The monoisotopic (exact) mass is 346 g/mol. The predicted molar refractivity (Wildman–Crippen MR) is 91.7 cm³/mol. The summed E-state index contributed by atoms with van der Waals surface area (Å²) in [6, 6.07) is 4.99. The van der Waals surface area contributed by atoms with Gasteiger partial charge in [-0.3, -0.25) is 9.69 Å². The van der Waals surface area contributed by atoms with Crippen molar-refractivity contribution in [2.45, 2.75) is 32.4 Å². The van der Waals surface area contributed by atoms with Crippen molar-refractivity contribution in [3.8, 4) is 5.75 Å². The number of methoxy groups -OCH3 is 1. The molecule has 0 bridgehead atoms. The maximum absolute atomic E-state index is 13.5. The molecule has 1 saturated heterocycles. The van der Waals surface area contributed by atoms with Crippen molar-refractivity contribution in [2.75, 3.05) is 20.2 Å². The lowest BCUT2D eigenvalue weighted by atomic mass is 10.1. The van der Waals surface area contributed by atoms with Gasteiger partial charge in [0.2, 0.25) is 5.91 Å². The van der Waals surface area contributed by atoms with Crippen molar-refractivity contribution in [1.29, 1.82) is 0 Å². The summed E-state index contributed by atoms with van der Waals surface area (Å²) in [5.74, 6) is 1.18. The fourth-order valence-corrected chi connectivity index (χ4v) is 3.15. The van der Waals surface area contributed by atoms with E-state index in [1.807, 2.05) is 0 Å². The Bertz CT molecular complexity index is 746. The molecule has 1 aromatic heterocycles. The highest BCUT2D eigenvalue weighted by Crippen LogP contribution is 2.27. The van der Waals surface area contributed by atoms with E-state index in [0.29, 0.717) is 12.5 Å². The average Bonchev–Trinajstić information content (AvgIpc) is 3.24. The summed E-state index contributed by atoms with van der Waals surface area (Å²) in [7, 11) is 1.48. The van der Waals surface area contributed by atoms with E-state index in [2.05, 4.69) is 20.2 Å². The minimum atomic E-state index is -0.340. The number of aromatic amines is 1. The lowest BCUT2D eigenvalue weighted by Gasteiger charge is -2.16. The molecule has 1 aromatic carbocycles. The third-order valence-electron chi connectivity index (χ3n) is 4.46. The highest BCUT2D eigenvalue weighted by molar-refractivity contribution is 5.72. The molecule has 0 unspecified atom stereocenters. The van der Waals surface area contributed by atoms with Gasteiger partial charge >= 0.3 is 0 Å². The summed E-state index contributed by atoms with van der Waals surface area (Å²) in [5, 5.41) is 2.76. The summed E-state index contributed by atoms with van der Waals surface area (Å²) in [5.41, 5.74) is 1.94. The number of rotatable bonds is 6. The van der Waals surface area contributed by atoms with E-state index in [4.69, 9.17) is 4.74 Å². The zero-order valence-corrected chi connectivity index (χ0v) is 14.5. The molecule has 7 heteroatoms. The molecular formula is C18H23FN4O2. The van der Waals surface area contributed by atoms with E-state index < -0.39 is 0 Å². The standard InChI is InChI=1S/C18H23FN4O2/c1-12(24)20-8-15-9-21-18(22-15)14-5-6-23(11-14)10-13-3-4-16(19)17(7-13)25-2/h3-4,7,9,14H,5-6,8,10-11H2,1-2H3,(H,20,24)(H,21,22)/t14-/m1/s1. The van der Waals surface area contributed by atoms with E-state index in [-0.39, 0.29) is 17.5 Å². The molecule has 0 aliphatic carbocycles. The molecule has 1 atom stereocenters. The predicted octanol–water partition coefficient (Wildman–Crippen LogP) is 2.18. The molecular weight excluding hydrogens is 323 g/mol. The molecule has 1 amide bonds. The van der Waals surface area contributed by atoms with Crippen LogP contribution in [0.4, 0.5) is 4.39 Å². The molecule has 1 fully saturated rings. The number of aromatic nitrogens is 2. The Morgan fingerprint density at radius 3 is 3.12 bits per heavy atom. The second-order valence-electron chi connectivity index (χ2n) is 6.39. The van der Waals surface area contributed by atoms with E-state index in [9.17, 15) is 9.18 Å². The first-order valence-electron chi connectivity index (χ1n) is 8.38. The molecule has 0 spiro atoms. The van der Waals surface area contributed by atoms with Crippen LogP contribution in [-0.2, 0) is 17.9 Å². The Balaban J connectivity index is 1.57. The van der Waals surface area contributed by atoms with Crippen LogP contribution in [0.5, 0.6) is 5.75 Å². The first-order chi connectivity index (χ1) is 12.0. The molecule has 25 heavy (non-hydrogen) atoms. The number of carbonyl (C=O) groups excluding carboxylic acids is 1. The van der Waals surface area contributed by atoms with Gasteiger partial charge in [-0.15, -0.1) is 0 Å². The van der Waals surface area contributed by atoms with Gasteiger partial charge in [-0.25, -0.2) is 9.37 Å². The number of ether oxygens (including phenoxy) is 1. The molecule has 134 valence electrons. The van der Waals surface area contributed by atoms with E-state index in [0.717, 1.165) is 43.1 Å². The van der Waals surface area contributed by atoms with E-state index in [1.54, 1.807) is 18.3 Å². The first kappa shape index (κ1) is 17.4. The fraction of sp³-hybridized carbons (Fsp3) is 0.444. The number of benzene rings is 1. The van der Waals surface area contributed by atoms with Crippen LogP contribution < -0.4 is 10.1 Å². The van der Waals surface area contributed by atoms with Crippen LogP contribution in [-0.4, -0.2) is 41.0 Å². The van der Waals surface area contributed by atoms with E-state index in [1.165, 1.54) is 20.1 Å². The highest BCUT2D eigenvalue weighted by Gasteiger charge is 2.26. The minimum Gasteiger partial charge on any atom is -0.494 e. The minimum absolute atomic E-state index is 0.0575. The Kier molecular flexibility index (Phi) is 5.33. The Morgan fingerprint density at radius 2 is 2.36 bits per heavy atom. The van der Waals surface area contributed by atoms with Gasteiger partial charge in [-0.05, 0) is 30.7 Å². The SMILES string of the molecule is COc1cc(CN2CC[C@@H](c3ncc(CNC(C)=O)[nH]3)C2)ccc1F. The zero-order valence-electron chi connectivity index (χ0n) is 14.5. The second-order valence-corrected chi connectivity index (χ2v) is 6.39. The number of H-pyrrole nitrogens is 1. The lowest BCUT2D eigenvalue weighted by Crippen LogP contribution is -2.20.